The zero-order valence-corrected chi connectivity index (χ0v) is 30.7. The van der Waals surface area contributed by atoms with Gasteiger partial charge in [-0.15, -0.1) is 0 Å². The maximum absolute atomic E-state index is 12.9. The van der Waals surface area contributed by atoms with Gasteiger partial charge in [-0.2, -0.15) is 0 Å². The molecule has 10 nitrogen and oxygen atoms in total. The lowest BCUT2D eigenvalue weighted by Crippen LogP contribution is -2.66. The maximum atomic E-state index is 12.9. The average Bonchev–Trinajstić information content (AvgIpc) is 3.44. The number of carbonyl (C=O) groups excluding carboxylic acids is 1. The lowest BCUT2D eigenvalue weighted by molar-refractivity contribution is -0.302. The molecule has 5 N–H and O–H groups in total. The minimum Gasteiger partial charge on any atom is -0.434 e. The first kappa shape index (κ1) is 37.5. The minimum atomic E-state index is -1.54. The number of aliphatic hydroxyl groups is 5. The Morgan fingerprint density at radius 1 is 0.796 bits per heavy atom. The fourth-order valence-electron chi connectivity index (χ4n) is 13.3. The van der Waals surface area contributed by atoms with Crippen molar-refractivity contribution in [1.82, 2.24) is 0 Å². The molecule has 49 heavy (non-hydrogen) atoms. The molecule has 6 fully saturated rings. The van der Waals surface area contributed by atoms with Crippen LogP contribution in [0.3, 0.4) is 0 Å². The summed E-state index contributed by atoms with van der Waals surface area (Å²) >= 11 is 0. The summed E-state index contributed by atoms with van der Waals surface area (Å²) in [4.78, 5) is 12.9. The molecule has 1 saturated heterocycles. The molecule has 6 aliphatic rings. The highest BCUT2D eigenvalue weighted by atomic mass is 16.7. The zero-order valence-electron chi connectivity index (χ0n) is 30.7. The summed E-state index contributed by atoms with van der Waals surface area (Å²) in [5.41, 5.74) is 1.63. The van der Waals surface area contributed by atoms with Crippen molar-refractivity contribution in [3.05, 3.63) is 12.2 Å². The Morgan fingerprint density at radius 3 is 2.22 bits per heavy atom. The van der Waals surface area contributed by atoms with Crippen LogP contribution in [-0.2, 0) is 18.9 Å². The van der Waals surface area contributed by atoms with Crippen molar-refractivity contribution in [2.45, 2.75) is 143 Å². The average molecular weight is 693 g/mol. The van der Waals surface area contributed by atoms with E-state index in [0.29, 0.717) is 36.2 Å². The summed E-state index contributed by atoms with van der Waals surface area (Å²) in [5.74, 6) is 2.45. The van der Waals surface area contributed by atoms with E-state index in [0.717, 1.165) is 38.5 Å². The first-order valence-corrected chi connectivity index (χ1v) is 19.0. The number of rotatable bonds is 8. The maximum Gasteiger partial charge on any atom is 0.508 e. The largest absolute Gasteiger partial charge is 0.508 e. The standard InChI is InChI=1S/C39H64O10/c1-22(2)23-10-15-39(21-48-34(45)47-19-18-46-33-32(44)31(43)30(42)25(20-40)49-33)17-16-37(6)24(29(23)39)8-9-27-36(5)13-12-28(41)35(3,4)26(36)11-14-38(27,37)7/h23-33,40-44H,1,8-21H2,2-7H3/t23-,24?,25+,26?,27?,28-,29?,30+,31-,32+,33+,36-,37+,38+,39+/m0/s1. The fraction of sp³-hybridized carbons (Fsp3) is 0.923. The molecule has 5 saturated carbocycles. The van der Waals surface area contributed by atoms with Crippen LogP contribution in [0.4, 0.5) is 4.79 Å². The second-order valence-corrected chi connectivity index (χ2v) is 18.4. The summed E-state index contributed by atoms with van der Waals surface area (Å²) in [6, 6.07) is 0. The first-order chi connectivity index (χ1) is 23.0. The highest BCUT2D eigenvalue weighted by Gasteiger charge is 2.71. The summed E-state index contributed by atoms with van der Waals surface area (Å²) in [6.45, 7) is 18.5. The van der Waals surface area contributed by atoms with Crippen molar-refractivity contribution < 1.29 is 49.3 Å². The van der Waals surface area contributed by atoms with Gasteiger partial charge >= 0.3 is 6.16 Å². The van der Waals surface area contributed by atoms with Crippen molar-refractivity contribution in [2.24, 2.45) is 56.7 Å². The van der Waals surface area contributed by atoms with Crippen molar-refractivity contribution in [3.8, 4) is 0 Å². The molecule has 280 valence electrons. The second-order valence-electron chi connectivity index (χ2n) is 18.4. The molecule has 0 aromatic carbocycles. The number of hydrogen-bond acceptors (Lipinski definition) is 10. The van der Waals surface area contributed by atoms with Gasteiger partial charge < -0.3 is 44.5 Å². The van der Waals surface area contributed by atoms with Gasteiger partial charge in [0.05, 0.1) is 19.3 Å². The number of allylic oxidation sites excluding steroid dienone is 1. The van der Waals surface area contributed by atoms with E-state index in [4.69, 9.17) is 18.9 Å². The molecule has 0 aromatic heterocycles. The van der Waals surface area contributed by atoms with E-state index < -0.39 is 43.5 Å². The molecule has 0 bridgehead atoms. The van der Waals surface area contributed by atoms with Gasteiger partial charge in [0.1, 0.15) is 37.6 Å². The molecule has 10 heteroatoms. The Bertz CT molecular complexity index is 1240. The third kappa shape index (κ3) is 5.82. The Kier molecular flexibility index (Phi) is 10.2. The van der Waals surface area contributed by atoms with Crippen LogP contribution in [-0.4, -0.2) is 94.9 Å². The second kappa shape index (κ2) is 13.3. The van der Waals surface area contributed by atoms with Crippen LogP contribution < -0.4 is 0 Å². The number of ether oxygens (including phenoxy) is 4. The monoisotopic (exact) mass is 692 g/mol. The van der Waals surface area contributed by atoms with Gasteiger partial charge in [-0.25, -0.2) is 4.79 Å². The predicted molar refractivity (Wildman–Crippen MR) is 182 cm³/mol. The topological polar surface area (TPSA) is 155 Å². The van der Waals surface area contributed by atoms with Crippen LogP contribution in [0.2, 0.25) is 0 Å². The Balaban J connectivity index is 1.12. The summed E-state index contributed by atoms with van der Waals surface area (Å²) in [7, 11) is 0. The van der Waals surface area contributed by atoms with Crippen molar-refractivity contribution in [3.63, 3.8) is 0 Å². The van der Waals surface area contributed by atoms with Crippen LogP contribution in [0.25, 0.3) is 0 Å². The molecule has 1 heterocycles. The lowest BCUT2D eigenvalue weighted by Gasteiger charge is -2.73. The molecule has 1 aliphatic heterocycles. The van der Waals surface area contributed by atoms with Crippen LogP contribution in [0.15, 0.2) is 12.2 Å². The van der Waals surface area contributed by atoms with Crippen molar-refractivity contribution in [2.75, 3.05) is 26.4 Å². The Labute approximate surface area is 292 Å². The lowest BCUT2D eigenvalue weighted by atomic mass is 9.32. The van der Waals surface area contributed by atoms with Crippen LogP contribution in [0.1, 0.15) is 106 Å². The van der Waals surface area contributed by atoms with Gasteiger partial charge in [0.2, 0.25) is 0 Å². The molecular formula is C39H64O10. The van der Waals surface area contributed by atoms with Gasteiger partial charge in [0, 0.05) is 5.41 Å². The highest BCUT2D eigenvalue weighted by Crippen LogP contribution is 2.77. The third-order valence-corrected chi connectivity index (χ3v) is 16.1. The molecule has 15 atom stereocenters. The van der Waals surface area contributed by atoms with E-state index in [2.05, 4.69) is 48.1 Å². The molecular weight excluding hydrogens is 628 g/mol. The van der Waals surface area contributed by atoms with E-state index in [1.54, 1.807) is 0 Å². The molecule has 4 unspecified atom stereocenters. The smallest absolute Gasteiger partial charge is 0.434 e. The van der Waals surface area contributed by atoms with E-state index in [9.17, 15) is 30.3 Å². The molecule has 0 spiro atoms. The Hall–Kier alpha value is -1.27. The van der Waals surface area contributed by atoms with E-state index in [1.165, 1.54) is 31.3 Å². The highest BCUT2D eigenvalue weighted by molar-refractivity contribution is 5.59. The fourth-order valence-corrected chi connectivity index (χ4v) is 13.3. The molecule has 5 aliphatic carbocycles. The molecule has 0 amide bonds. The quantitative estimate of drug-likeness (QED) is 0.134. The number of hydrogen-bond donors (Lipinski definition) is 5. The van der Waals surface area contributed by atoms with E-state index in [1.807, 2.05) is 0 Å². The summed E-state index contributed by atoms with van der Waals surface area (Å²) in [6.07, 6.45) is 3.08. The number of aliphatic hydroxyl groups excluding tert-OH is 5. The van der Waals surface area contributed by atoms with Gasteiger partial charge in [0.25, 0.3) is 0 Å². The van der Waals surface area contributed by atoms with Gasteiger partial charge in [-0.3, -0.25) is 0 Å². The third-order valence-electron chi connectivity index (χ3n) is 16.1. The van der Waals surface area contributed by atoms with Crippen molar-refractivity contribution in [1.29, 1.82) is 0 Å². The van der Waals surface area contributed by atoms with Crippen LogP contribution in [0, 0.1) is 56.7 Å². The van der Waals surface area contributed by atoms with E-state index in [-0.39, 0.29) is 46.4 Å². The number of fused-ring (bicyclic) bond motifs is 7. The van der Waals surface area contributed by atoms with Crippen LogP contribution >= 0.6 is 0 Å². The normalized spacial score (nSPS) is 50.3. The first-order valence-electron chi connectivity index (χ1n) is 19.0. The minimum absolute atomic E-state index is 0.0671. The molecule has 6 rings (SSSR count). The number of carbonyl (C=O) groups is 1. The van der Waals surface area contributed by atoms with Gasteiger partial charge in [-0.1, -0.05) is 46.8 Å². The zero-order chi connectivity index (χ0) is 35.7. The van der Waals surface area contributed by atoms with Gasteiger partial charge in [-0.05, 0) is 122 Å². The summed E-state index contributed by atoms with van der Waals surface area (Å²) < 4.78 is 22.1. The van der Waals surface area contributed by atoms with E-state index >= 15 is 0 Å². The SMILES string of the molecule is C=C(C)[C@@H]1CC[C@]2(COC(=O)OCCO[C@@H]3O[C@H](CO)[C@@H](O)[C@H](O)[C@H]3O)CC[C@]3(C)C(CCC4[C@@]5(C)CC[C@H](O)C(C)(C)C5CC[C@]43C)C12. The summed E-state index contributed by atoms with van der Waals surface area (Å²) in [5, 5.41) is 50.6. The van der Waals surface area contributed by atoms with Gasteiger partial charge in [0.15, 0.2) is 6.29 Å². The van der Waals surface area contributed by atoms with Crippen molar-refractivity contribution >= 4 is 6.16 Å². The Morgan fingerprint density at radius 2 is 1.53 bits per heavy atom. The predicted octanol–water partition coefficient (Wildman–Crippen LogP) is 4.97. The molecule has 0 radical (unpaired) electrons. The molecule has 0 aromatic rings. The van der Waals surface area contributed by atoms with Crippen LogP contribution in [0.5, 0.6) is 0 Å².